The largest absolute Gasteiger partial charge is 0.345 e. The maximum atomic E-state index is 3.62. The Kier molecular flexibility index (Phi) is 2.90. The van der Waals surface area contributed by atoms with Gasteiger partial charge in [0, 0.05) is 35.7 Å². The second-order valence-electron chi connectivity index (χ2n) is 5.83. The summed E-state index contributed by atoms with van der Waals surface area (Å²) in [6.45, 7) is 7.67. The fraction of sp³-hybridized carbons (Fsp3) is 0.500. The third-order valence-corrected chi connectivity index (χ3v) is 3.79. The number of aromatic nitrogens is 1. The highest BCUT2D eigenvalue weighted by Gasteiger charge is 2.21. The van der Waals surface area contributed by atoms with Gasteiger partial charge in [0.05, 0.1) is 0 Å². The molecule has 1 aliphatic rings. The molecule has 1 aromatic carbocycles. The molecule has 0 aliphatic heterocycles. The van der Waals surface area contributed by atoms with Crippen LogP contribution in [0, 0.1) is 6.92 Å². The molecule has 2 heteroatoms. The minimum absolute atomic E-state index is 0.518. The molecule has 0 atom stereocenters. The average Bonchev–Trinajstić information content (AvgIpc) is 3.08. The van der Waals surface area contributed by atoms with Crippen LogP contribution in [0.5, 0.6) is 0 Å². The third-order valence-electron chi connectivity index (χ3n) is 3.79. The molecular formula is C16H22N2. The van der Waals surface area contributed by atoms with E-state index in [1.54, 1.807) is 0 Å². The van der Waals surface area contributed by atoms with Crippen molar-refractivity contribution in [1.29, 1.82) is 0 Å². The van der Waals surface area contributed by atoms with Gasteiger partial charge in [0.25, 0.3) is 0 Å². The lowest BCUT2D eigenvalue weighted by Crippen LogP contribution is -2.15. The lowest BCUT2D eigenvalue weighted by molar-refractivity contribution is 0.616. The molecule has 2 nitrogen and oxygen atoms in total. The van der Waals surface area contributed by atoms with E-state index in [2.05, 4.69) is 55.1 Å². The molecule has 1 aliphatic carbocycles. The molecule has 0 bridgehead atoms. The van der Waals surface area contributed by atoms with Crippen LogP contribution in [0.25, 0.3) is 10.9 Å². The quantitative estimate of drug-likeness (QED) is 0.863. The fourth-order valence-electron chi connectivity index (χ4n) is 2.55. The van der Waals surface area contributed by atoms with Crippen molar-refractivity contribution in [2.75, 3.05) is 0 Å². The molecule has 1 fully saturated rings. The van der Waals surface area contributed by atoms with E-state index in [1.807, 2.05) is 0 Å². The van der Waals surface area contributed by atoms with Crippen molar-refractivity contribution >= 4 is 10.9 Å². The minimum Gasteiger partial charge on any atom is -0.345 e. The topological polar surface area (TPSA) is 17.0 Å². The summed E-state index contributed by atoms with van der Waals surface area (Å²) in [6, 6.07) is 8.07. The number of hydrogen-bond donors (Lipinski definition) is 1. The first-order chi connectivity index (χ1) is 8.65. The van der Waals surface area contributed by atoms with Gasteiger partial charge in [-0.05, 0) is 51.3 Å². The molecule has 0 spiro atoms. The van der Waals surface area contributed by atoms with Crippen LogP contribution < -0.4 is 5.32 Å². The highest BCUT2D eigenvalue weighted by atomic mass is 15.0. The van der Waals surface area contributed by atoms with Gasteiger partial charge in [-0.1, -0.05) is 11.6 Å². The van der Waals surface area contributed by atoms with E-state index in [1.165, 1.54) is 34.9 Å². The molecule has 1 N–H and O–H groups in total. The highest BCUT2D eigenvalue weighted by molar-refractivity contribution is 5.84. The van der Waals surface area contributed by atoms with Gasteiger partial charge in [-0.3, -0.25) is 0 Å². The summed E-state index contributed by atoms with van der Waals surface area (Å²) in [5.41, 5.74) is 4.15. The standard InChI is InChI=1S/C16H22N2/c1-11(2)18-10-13(9-17-14-5-6-14)15-8-12(3)4-7-16(15)18/h4,7-8,10-11,14,17H,5-6,9H2,1-3H3. The van der Waals surface area contributed by atoms with Crippen molar-refractivity contribution in [2.45, 2.75) is 52.2 Å². The summed E-state index contributed by atoms with van der Waals surface area (Å²) in [7, 11) is 0. The summed E-state index contributed by atoms with van der Waals surface area (Å²) in [4.78, 5) is 0. The molecule has 1 aromatic heterocycles. The van der Waals surface area contributed by atoms with Crippen LogP contribution in [0.2, 0.25) is 0 Å². The molecule has 3 rings (SSSR count). The number of nitrogens with one attached hydrogen (secondary N) is 1. The van der Waals surface area contributed by atoms with E-state index in [-0.39, 0.29) is 0 Å². The lowest BCUT2D eigenvalue weighted by atomic mass is 10.1. The van der Waals surface area contributed by atoms with Gasteiger partial charge in [0.1, 0.15) is 0 Å². The first-order valence-electron chi connectivity index (χ1n) is 6.98. The lowest BCUT2D eigenvalue weighted by Gasteiger charge is -2.08. The van der Waals surface area contributed by atoms with Gasteiger partial charge in [-0.2, -0.15) is 0 Å². The second-order valence-corrected chi connectivity index (χ2v) is 5.83. The van der Waals surface area contributed by atoms with Crippen LogP contribution in [0.3, 0.4) is 0 Å². The van der Waals surface area contributed by atoms with Gasteiger partial charge >= 0.3 is 0 Å². The van der Waals surface area contributed by atoms with Gasteiger partial charge in [0.2, 0.25) is 0 Å². The van der Waals surface area contributed by atoms with Crippen LogP contribution in [0.4, 0.5) is 0 Å². The van der Waals surface area contributed by atoms with Crippen molar-refractivity contribution in [3.8, 4) is 0 Å². The molecule has 0 saturated heterocycles. The Morgan fingerprint density at radius 1 is 1.33 bits per heavy atom. The SMILES string of the molecule is Cc1ccc2c(c1)c(CNC1CC1)cn2C(C)C. The first-order valence-corrected chi connectivity index (χ1v) is 6.98. The van der Waals surface area contributed by atoms with E-state index in [0.717, 1.165) is 12.6 Å². The summed E-state index contributed by atoms with van der Waals surface area (Å²) in [5, 5.41) is 5.04. The van der Waals surface area contributed by atoms with Gasteiger partial charge in [0.15, 0.2) is 0 Å². The normalized spacial score (nSPS) is 15.8. The Morgan fingerprint density at radius 2 is 2.11 bits per heavy atom. The Balaban J connectivity index is 2.02. The Morgan fingerprint density at radius 3 is 2.78 bits per heavy atom. The van der Waals surface area contributed by atoms with E-state index in [0.29, 0.717) is 6.04 Å². The van der Waals surface area contributed by atoms with E-state index >= 15 is 0 Å². The number of fused-ring (bicyclic) bond motifs is 1. The van der Waals surface area contributed by atoms with Crippen molar-refractivity contribution < 1.29 is 0 Å². The predicted octanol–water partition coefficient (Wildman–Crippen LogP) is 3.78. The van der Waals surface area contributed by atoms with Gasteiger partial charge in [-0.15, -0.1) is 0 Å². The molecule has 0 amide bonds. The molecule has 1 saturated carbocycles. The average molecular weight is 242 g/mol. The van der Waals surface area contributed by atoms with Crippen LogP contribution in [-0.2, 0) is 6.54 Å². The fourth-order valence-corrected chi connectivity index (χ4v) is 2.55. The first kappa shape index (κ1) is 11.8. The molecule has 2 aromatic rings. The zero-order chi connectivity index (χ0) is 12.7. The van der Waals surface area contributed by atoms with Crippen LogP contribution in [0.1, 0.15) is 43.9 Å². The Bertz CT molecular complexity index is 562. The maximum absolute atomic E-state index is 3.62. The van der Waals surface area contributed by atoms with Crippen molar-refractivity contribution in [2.24, 2.45) is 0 Å². The summed E-state index contributed by atoms with van der Waals surface area (Å²) >= 11 is 0. The van der Waals surface area contributed by atoms with Gasteiger partial charge in [-0.25, -0.2) is 0 Å². The number of nitrogens with zero attached hydrogens (tertiary/aromatic N) is 1. The maximum Gasteiger partial charge on any atom is 0.0486 e. The number of rotatable bonds is 4. The number of benzene rings is 1. The van der Waals surface area contributed by atoms with Crippen molar-refractivity contribution in [3.63, 3.8) is 0 Å². The number of hydrogen-bond acceptors (Lipinski definition) is 1. The van der Waals surface area contributed by atoms with E-state index in [4.69, 9.17) is 0 Å². The zero-order valence-electron chi connectivity index (χ0n) is 11.5. The molecular weight excluding hydrogens is 220 g/mol. The number of aryl methyl sites for hydroxylation is 1. The molecule has 0 unspecified atom stereocenters. The van der Waals surface area contributed by atoms with E-state index < -0.39 is 0 Å². The minimum atomic E-state index is 0.518. The van der Waals surface area contributed by atoms with Crippen LogP contribution in [-0.4, -0.2) is 10.6 Å². The Hall–Kier alpha value is -1.28. The monoisotopic (exact) mass is 242 g/mol. The highest BCUT2D eigenvalue weighted by Crippen LogP contribution is 2.27. The van der Waals surface area contributed by atoms with Crippen LogP contribution >= 0.6 is 0 Å². The molecule has 18 heavy (non-hydrogen) atoms. The van der Waals surface area contributed by atoms with Crippen molar-refractivity contribution in [3.05, 3.63) is 35.5 Å². The zero-order valence-corrected chi connectivity index (χ0v) is 11.5. The van der Waals surface area contributed by atoms with Crippen LogP contribution in [0.15, 0.2) is 24.4 Å². The summed E-state index contributed by atoms with van der Waals surface area (Å²) < 4.78 is 2.39. The Labute approximate surface area is 109 Å². The summed E-state index contributed by atoms with van der Waals surface area (Å²) in [6.07, 6.45) is 5.02. The smallest absolute Gasteiger partial charge is 0.0486 e. The molecule has 0 radical (unpaired) electrons. The van der Waals surface area contributed by atoms with E-state index in [9.17, 15) is 0 Å². The van der Waals surface area contributed by atoms with Crippen molar-refractivity contribution in [1.82, 2.24) is 9.88 Å². The van der Waals surface area contributed by atoms with Gasteiger partial charge < -0.3 is 9.88 Å². The second kappa shape index (κ2) is 4.43. The third kappa shape index (κ3) is 2.17. The molecule has 96 valence electrons. The molecule has 1 heterocycles. The summed E-state index contributed by atoms with van der Waals surface area (Å²) in [5.74, 6) is 0. The predicted molar refractivity (Wildman–Crippen MR) is 76.9 cm³/mol.